The Labute approximate surface area is 386 Å². The molecule has 0 bridgehead atoms. The largest absolute Gasteiger partial charge is 0.472 e. The number of allylic oxidation sites excluding steroid dienone is 14. The lowest BCUT2D eigenvalue weighted by Gasteiger charge is -2.41. The Bertz CT molecular complexity index is 1580. The predicted octanol–water partition coefficient (Wildman–Crippen LogP) is 6.77. The number of unbranched alkanes of at least 4 members (excludes halogenated alkanes) is 6. The first kappa shape index (κ1) is 59.4. The number of aliphatic hydroxyl groups is 7. The van der Waals surface area contributed by atoms with Gasteiger partial charge in [-0.3, -0.25) is 18.6 Å². The van der Waals surface area contributed by atoms with Gasteiger partial charge in [0.15, 0.2) is 6.10 Å². The number of hydrogen-bond acceptors (Lipinski definition) is 14. The van der Waals surface area contributed by atoms with Crippen LogP contribution in [0.5, 0.6) is 0 Å². The number of esters is 2. The molecule has 65 heavy (non-hydrogen) atoms. The molecule has 0 aromatic heterocycles. The van der Waals surface area contributed by atoms with E-state index in [0.717, 1.165) is 32.1 Å². The molecule has 16 heteroatoms. The molecule has 0 spiro atoms. The standard InChI is InChI=1S/C49H77O15P/c1-3-5-7-8-9-10-11-12-13-14-15-16-20-23-29-36-43(53)63-41(38-62-65(59,60)64-49-47(57)45(55)44(54)46(56)48(49)58)37-61-42(52)35-30-24-28-34-40(51)33-27-22-19-17-18-21-26-32-39(50)31-25-6-4-2/h6,9-10,12-13,15-16,18-19,21-22,25-28,32-34,39-41,44-51,54-58H,3-5,7-8,11,14,17,20,23-24,29-31,35-38H2,1-2H3,(H,59,60)/b10-9-,13-12-,16-15-,21-18-,22-19-,25-6-,32-26+,33-27+,34-28-/t39-,40-,41-,44?,45-,46+,47-,48-,49?/m1/s1. The normalized spacial score (nSPS) is 23.4. The van der Waals surface area contributed by atoms with Gasteiger partial charge in [0.1, 0.15) is 43.2 Å². The van der Waals surface area contributed by atoms with Gasteiger partial charge in [-0.05, 0) is 77.0 Å². The smallest absolute Gasteiger partial charge is 0.462 e. The topological polar surface area (TPSA) is 250 Å². The zero-order valence-electron chi connectivity index (χ0n) is 38.2. The maximum Gasteiger partial charge on any atom is 0.472 e. The van der Waals surface area contributed by atoms with Crippen molar-refractivity contribution in [1.82, 2.24) is 0 Å². The molecule has 368 valence electrons. The first-order chi connectivity index (χ1) is 31.2. The Morgan fingerprint density at radius 2 is 1.14 bits per heavy atom. The zero-order valence-corrected chi connectivity index (χ0v) is 39.1. The van der Waals surface area contributed by atoms with Crippen LogP contribution in [0, 0.1) is 0 Å². The summed E-state index contributed by atoms with van der Waals surface area (Å²) in [6.07, 6.45) is 30.7. The molecule has 0 amide bonds. The molecule has 0 aliphatic heterocycles. The Morgan fingerprint density at radius 3 is 1.77 bits per heavy atom. The molecule has 1 rings (SSSR count). The van der Waals surface area contributed by atoms with E-state index in [9.17, 15) is 54.8 Å². The minimum Gasteiger partial charge on any atom is -0.462 e. The van der Waals surface area contributed by atoms with Crippen LogP contribution in [0.2, 0.25) is 0 Å². The molecule has 0 radical (unpaired) electrons. The van der Waals surface area contributed by atoms with Gasteiger partial charge in [-0.15, -0.1) is 0 Å². The Morgan fingerprint density at radius 1 is 0.585 bits per heavy atom. The molecule has 1 saturated carbocycles. The van der Waals surface area contributed by atoms with Crippen molar-refractivity contribution in [2.45, 2.75) is 172 Å². The number of carbonyl (C=O) groups excluding carboxylic acids is 2. The van der Waals surface area contributed by atoms with Gasteiger partial charge in [0, 0.05) is 12.8 Å². The molecular formula is C49H77O15P. The third-order valence-corrected chi connectivity index (χ3v) is 10.8. The number of rotatable bonds is 35. The lowest BCUT2D eigenvalue weighted by atomic mass is 9.85. The molecule has 3 unspecified atom stereocenters. The molecule has 10 atom stereocenters. The molecule has 0 saturated heterocycles. The maximum atomic E-state index is 12.8. The highest BCUT2D eigenvalue weighted by molar-refractivity contribution is 7.47. The maximum absolute atomic E-state index is 12.8. The van der Waals surface area contributed by atoms with E-state index in [1.54, 1.807) is 42.5 Å². The molecule has 0 heterocycles. The van der Waals surface area contributed by atoms with Crippen molar-refractivity contribution in [3.8, 4) is 0 Å². The predicted molar refractivity (Wildman–Crippen MR) is 251 cm³/mol. The lowest BCUT2D eigenvalue weighted by Crippen LogP contribution is -2.64. The monoisotopic (exact) mass is 937 g/mol. The first-order valence-corrected chi connectivity index (χ1v) is 24.4. The van der Waals surface area contributed by atoms with Crippen LogP contribution in [0.4, 0.5) is 0 Å². The van der Waals surface area contributed by atoms with Gasteiger partial charge in [-0.1, -0.05) is 136 Å². The average Bonchev–Trinajstić information content (AvgIpc) is 3.28. The molecule has 1 aliphatic rings. The first-order valence-electron chi connectivity index (χ1n) is 22.9. The van der Waals surface area contributed by atoms with E-state index in [0.29, 0.717) is 38.5 Å². The van der Waals surface area contributed by atoms with Crippen molar-refractivity contribution >= 4 is 19.8 Å². The highest BCUT2D eigenvalue weighted by atomic mass is 31.2. The van der Waals surface area contributed by atoms with Crippen molar-refractivity contribution < 1.29 is 73.3 Å². The van der Waals surface area contributed by atoms with Gasteiger partial charge in [-0.25, -0.2) is 4.57 Å². The second-order valence-electron chi connectivity index (χ2n) is 15.6. The number of carbonyl (C=O) groups is 2. The van der Waals surface area contributed by atoms with Gasteiger partial charge in [0.2, 0.25) is 0 Å². The van der Waals surface area contributed by atoms with E-state index >= 15 is 0 Å². The van der Waals surface area contributed by atoms with Crippen molar-refractivity contribution in [1.29, 1.82) is 0 Å². The fourth-order valence-electron chi connectivity index (χ4n) is 6.03. The quantitative estimate of drug-likeness (QED) is 0.0107. The number of phosphoric ester groups is 1. The summed E-state index contributed by atoms with van der Waals surface area (Å²) in [7, 11) is -5.18. The fourth-order valence-corrected chi connectivity index (χ4v) is 7.00. The summed E-state index contributed by atoms with van der Waals surface area (Å²) in [6, 6.07) is 0. The summed E-state index contributed by atoms with van der Waals surface area (Å²) in [5, 5.41) is 70.2. The van der Waals surface area contributed by atoms with Crippen LogP contribution in [-0.2, 0) is 32.7 Å². The number of phosphoric acid groups is 1. The van der Waals surface area contributed by atoms with Gasteiger partial charge in [-0.2, -0.15) is 0 Å². The zero-order chi connectivity index (χ0) is 48.1. The summed E-state index contributed by atoms with van der Waals surface area (Å²) in [5.41, 5.74) is 0. The van der Waals surface area contributed by atoms with E-state index in [1.165, 1.54) is 19.3 Å². The summed E-state index contributed by atoms with van der Waals surface area (Å²) in [4.78, 5) is 35.7. The summed E-state index contributed by atoms with van der Waals surface area (Å²) in [6.45, 7) is 2.86. The van der Waals surface area contributed by atoms with Crippen LogP contribution in [0.1, 0.15) is 117 Å². The lowest BCUT2D eigenvalue weighted by molar-refractivity contribution is -0.220. The molecule has 1 aliphatic carbocycles. The Hall–Kier alpha value is -3.57. The molecular weight excluding hydrogens is 859 g/mol. The van der Waals surface area contributed by atoms with Gasteiger partial charge >= 0.3 is 19.8 Å². The molecule has 8 N–H and O–H groups in total. The molecule has 15 nitrogen and oxygen atoms in total. The van der Waals surface area contributed by atoms with E-state index in [2.05, 4.69) is 31.2 Å². The van der Waals surface area contributed by atoms with Crippen molar-refractivity contribution in [3.05, 3.63) is 109 Å². The van der Waals surface area contributed by atoms with E-state index in [1.807, 2.05) is 49.5 Å². The highest BCUT2D eigenvalue weighted by Gasteiger charge is 2.51. The van der Waals surface area contributed by atoms with Gasteiger partial charge < -0.3 is 50.1 Å². The van der Waals surface area contributed by atoms with Crippen LogP contribution in [-0.4, -0.2) is 121 Å². The third kappa shape index (κ3) is 30.4. The van der Waals surface area contributed by atoms with Crippen molar-refractivity contribution in [3.63, 3.8) is 0 Å². The van der Waals surface area contributed by atoms with E-state index < -0.39 is 87.9 Å². The van der Waals surface area contributed by atoms with Gasteiger partial charge in [0.25, 0.3) is 0 Å². The number of aliphatic hydroxyl groups excluding tert-OH is 7. The summed E-state index contributed by atoms with van der Waals surface area (Å²) in [5.74, 6) is -1.34. The fraction of sp³-hybridized carbons (Fsp3) is 0.592. The highest BCUT2D eigenvalue weighted by Crippen LogP contribution is 2.47. The second-order valence-corrected chi connectivity index (χ2v) is 17.0. The van der Waals surface area contributed by atoms with Gasteiger partial charge in [0.05, 0.1) is 18.8 Å². The van der Waals surface area contributed by atoms with Crippen LogP contribution in [0.15, 0.2) is 109 Å². The minimum atomic E-state index is -5.18. The molecule has 0 aromatic carbocycles. The number of hydrogen-bond donors (Lipinski definition) is 8. The van der Waals surface area contributed by atoms with Crippen LogP contribution >= 0.6 is 7.82 Å². The summed E-state index contributed by atoms with van der Waals surface area (Å²) >= 11 is 0. The third-order valence-electron chi connectivity index (χ3n) is 9.77. The van der Waals surface area contributed by atoms with Crippen molar-refractivity contribution in [2.24, 2.45) is 0 Å². The number of ether oxygens (including phenoxy) is 2. The molecule has 0 aromatic rings. The van der Waals surface area contributed by atoms with Crippen LogP contribution < -0.4 is 0 Å². The second kappa shape index (κ2) is 37.5. The van der Waals surface area contributed by atoms with E-state index in [-0.39, 0.29) is 12.8 Å². The Balaban J connectivity index is 2.61. The van der Waals surface area contributed by atoms with Crippen LogP contribution in [0.3, 0.4) is 0 Å². The summed E-state index contributed by atoms with van der Waals surface area (Å²) < 4.78 is 33.3. The minimum absolute atomic E-state index is 0.00228. The van der Waals surface area contributed by atoms with Crippen LogP contribution in [0.25, 0.3) is 0 Å². The average molecular weight is 937 g/mol. The Kier molecular flexibility index (Phi) is 34.3. The molecule has 1 fully saturated rings. The SMILES string of the molecule is CC/C=C\C[C@@H](O)/C=C/C=C\C/C=C\C=C\[C@@H](O)/C=C\CCCC(=O)OC[C@H](COP(=O)(O)OC1[C@H](O)[C@H](O)C(O)[C@H](O)[C@H]1O)OC(=O)CCCC/C=C\C/C=C\C/C=C\CCCCC. The van der Waals surface area contributed by atoms with Crippen molar-refractivity contribution in [2.75, 3.05) is 13.2 Å². The van der Waals surface area contributed by atoms with E-state index in [4.69, 9.17) is 18.5 Å².